The van der Waals surface area contributed by atoms with E-state index in [9.17, 15) is 0 Å². The summed E-state index contributed by atoms with van der Waals surface area (Å²) in [6, 6.07) is 6.15. The van der Waals surface area contributed by atoms with Gasteiger partial charge in [-0.15, -0.1) is 0 Å². The molecule has 1 heterocycles. The van der Waals surface area contributed by atoms with Crippen molar-refractivity contribution in [3.8, 4) is 0 Å². The average molecular weight is 175 g/mol. The number of hydrogen-bond acceptors (Lipinski definition) is 2. The number of aryl methyl sites for hydroxylation is 2. The number of rotatable bonds is 1. The lowest BCUT2D eigenvalue weighted by atomic mass is 10.1. The second kappa shape index (κ2) is 2.85. The summed E-state index contributed by atoms with van der Waals surface area (Å²) in [6.07, 6.45) is 0. The van der Waals surface area contributed by atoms with Crippen LogP contribution in [0.15, 0.2) is 18.2 Å². The lowest BCUT2D eigenvalue weighted by Gasteiger charge is -1.96. The molecule has 1 aromatic carbocycles. The van der Waals surface area contributed by atoms with Crippen molar-refractivity contribution in [1.82, 2.24) is 9.78 Å². The van der Waals surface area contributed by atoms with Crippen LogP contribution in [0.1, 0.15) is 11.3 Å². The van der Waals surface area contributed by atoms with Gasteiger partial charge in [0.05, 0.1) is 5.52 Å². The molecule has 0 saturated heterocycles. The molecule has 0 atom stereocenters. The first-order chi connectivity index (χ1) is 6.22. The molecule has 2 aromatic rings. The number of nitrogens with zero attached hydrogens (tertiary/aromatic N) is 2. The van der Waals surface area contributed by atoms with Crippen molar-refractivity contribution in [2.75, 3.05) is 0 Å². The number of nitrogens with two attached hydrogens (primary N) is 1. The molecular formula is C10H13N3. The molecular weight excluding hydrogens is 162 g/mol. The fourth-order valence-electron chi connectivity index (χ4n) is 1.50. The van der Waals surface area contributed by atoms with Crippen LogP contribution in [-0.2, 0) is 13.6 Å². The highest BCUT2D eigenvalue weighted by molar-refractivity contribution is 5.82. The van der Waals surface area contributed by atoms with Gasteiger partial charge in [-0.1, -0.05) is 6.07 Å². The number of benzene rings is 1. The van der Waals surface area contributed by atoms with E-state index in [-0.39, 0.29) is 0 Å². The molecule has 2 rings (SSSR count). The Hall–Kier alpha value is -1.35. The van der Waals surface area contributed by atoms with Crippen molar-refractivity contribution in [3.05, 3.63) is 29.5 Å². The van der Waals surface area contributed by atoms with Crippen LogP contribution in [0.5, 0.6) is 0 Å². The summed E-state index contributed by atoms with van der Waals surface area (Å²) in [5, 5.41) is 5.56. The first-order valence-corrected chi connectivity index (χ1v) is 4.34. The fraction of sp³-hybridized carbons (Fsp3) is 0.300. The van der Waals surface area contributed by atoms with E-state index in [4.69, 9.17) is 5.73 Å². The van der Waals surface area contributed by atoms with Crippen LogP contribution >= 0.6 is 0 Å². The lowest BCUT2D eigenvalue weighted by molar-refractivity contribution is 0.751. The predicted molar refractivity (Wildman–Crippen MR) is 53.3 cm³/mol. The lowest BCUT2D eigenvalue weighted by Crippen LogP contribution is -1.95. The third-order valence-corrected chi connectivity index (χ3v) is 2.43. The zero-order valence-electron chi connectivity index (χ0n) is 7.91. The first kappa shape index (κ1) is 8.26. The van der Waals surface area contributed by atoms with Crippen LogP contribution in [0.2, 0.25) is 0 Å². The Morgan fingerprint density at radius 3 is 2.92 bits per heavy atom. The third-order valence-electron chi connectivity index (χ3n) is 2.43. The number of fused-ring (bicyclic) bond motifs is 1. The summed E-state index contributed by atoms with van der Waals surface area (Å²) in [7, 11) is 1.96. The molecule has 0 aliphatic carbocycles. The number of hydrogen-bond donors (Lipinski definition) is 1. The van der Waals surface area contributed by atoms with Gasteiger partial charge in [0, 0.05) is 24.7 Å². The maximum atomic E-state index is 5.57. The van der Waals surface area contributed by atoms with E-state index < -0.39 is 0 Å². The van der Waals surface area contributed by atoms with Gasteiger partial charge in [-0.25, -0.2) is 0 Å². The van der Waals surface area contributed by atoms with Crippen LogP contribution in [-0.4, -0.2) is 9.78 Å². The minimum atomic E-state index is 0.588. The fourth-order valence-corrected chi connectivity index (χ4v) is 1.50. The molecule has 1 aromatic heterocycles. The zero-order valence-corrected chi connectivity index (χ0v) is 7.91. The quantitative estimate of drug-likeness (QED) is 0.710. The second-order valence-corrected chi connectivity index (χ2v) is 3.26. The van der Waals surface area contributed by atoms with E-state index in [1.54, 1.807) is 0 Å². The van der Waals surface area contributed by atoms with Crippen LogP contribution in [0.3, 0.4) is 0 Å². The molecule has 2 N–H and O–H groups in total. The molecule has 0 saturated carbocycles. The van der Waals surface area contributed by atoms with Gasteiger partial charge in [0.2, 0.25) is 0 Å². The molecule has 3 nitrogen and oxygen atoms in total. The van der Waals surface area contributed by atoms with E-state index in [1.165, 1.54) is 11.1 Å². The van der Waals surface area contributed by atoms with Gasteiger partial charge in [-0.2, -0.15) is 5.10 Å². The van der Waals surface area contributed by atoms with Crippen molar-refractivity contribution >= 4 is 10.9 Å². The van der Waals surface area contributed by atoms with Crippen molar-refractivity contribution in [1.29, 1.82) is 0 Å². The Kier molecular flexibility index (Phi) is 1.81. The minimum Gasteiger partial charge on any atom is -0.326 e. The molecule has 0 amide bonds. The van der Waals surface area contributed by atoms with E-state index >= 15 is 0 Å². The van der Waals surface area contributed by atoms with Crippen molar-refractivity contribution in [2.24, 2.45) is 12.8 Å². The first-order valence-electron chi connectivity index (χ1n) is 4.34. The van der Waals surface area contributed by atoms with E-state index in [2.05, 4.69) is 18.1 Å². The monoisotopic (exact) mass is 175 g/mol. The Labute approximate surface area is 77.2 Å². The predicted octanol–water partition coefficient (Wildman–Crippen LogP) is 1.34. The van der Waals surface area contributed by atoms with Gasteiger partial charge in [0.1, 0.15) is 0 Å². The second-order valence-electron chi connectivity index (χ2n) is 3.26. The Bertz CT molecular complexity index is 443. The SMILES string of the molecule is Cc1c2cc(CN)ccc2nn1C. The molecule has 0 aliphatic rings. The van der Waals surface area contributed by atoms with Gasteiger partial charge in [-0.3, -0.25) is 4.68 Å². The summed E-state index contributed by atoms with van der Waals surface area (Å²) in [4.78, 5) is 0. The van der Waals surface area contributed by atoms with Gasteiger partial charge in [0.15, 0.2) is 0 Å². The Morgan fingerprint density at radius 1 is 1.46 bits per heavy atom. The zero-order chi connectivity index (χ0) is 9.42. The molecule has 0 radical (unpaired) electrons. The molecule has 0 unspecified atom stereocenters. The largest absolute Gasteiger partial charge is 0.326 e. The molecule has 13 heavy (non-hydrogen) atoms. The maximum absolute atomic E-state index is 5.57. The van der Waals surface area contributed by atoms with Crippen molar-refractivity contribution < 1.29 is 0 Å². The highest BCUT2D eigenvalue weighted by Gasteiger charge is 2.03. The average Bonchev–Trinajstić information content (AvgIpc) is 2.43. The van der Waals surface area contributed by atoms with Crippen molar-refractivity contribution in [3.63, 3.8) is 0 Å². The smallest absolute Gasteiger partial charge is 0.0926 e. The summed E-state index contributed by atoms with van der Waals surface area (Å²) in [5.74, 6) is 0. The van der Waals surface area contributed by atoms with Gasteiger partial charge >= 0.3 is 0 Å². The van der Waals surface area contributed by atoms with Crippen LogP contribution < -0.4 is 5.73 Å². The van der Waals surface area contributed by atoms with Crippen LogP contribution in [0.25, 0.3) is 10.9 Å². The summed E-state index contributed by atoms with van der Waals surface area (Å²) >= 11 is 0. The third kappa shape index (κ3) is 1.21. The summed E-state index contributed by atoms with van der Waals surface area (Å²) in [6.45, 7) is 2.65. The highest BCUT2D eigenvalue weighted by Crippen LogP contribution is 2.18. The Morgan fingerprint density at radius 2 is 2.23 bits per heavy atom. The molecule has 0 aliphatic heterocycles. The van der Waals surface area contributed by atoms with E-state index in [1.807, 2.05) is 23.9 Å². The number of aromatic nitrogens is 2. The van der Waals surface area contributed by atoms with Crippen LogP contribution in [0.4, 0.5) is 0 Å². The van der Waals surface area contributed by atoms with Gasteiger partial charge in [-0.05, 0) is 24.6 Å². The Balaban J connectivity index is 2.75. The topological polar surface area (TPSA) is 43.8 Å². The van der Waals surface area contributed by atoms with Gasteiger partial charge in [0.25, 0.3) is 0 Å². The van der Waals surface area contributed by atoms with E-state index in [0.717, 1.165) is 11.1 Å². The normalized spacial score (nSPS) is 11.0. The molecule has 0 fully saturated rings. The molecule has 68 valence electrons. The summed E-state index contributed by atoms with van der Waals surface area (Å²) < 4.78 is 1.89. The van der Waals surface area contributed by atoms with E-state index in [0.29, 0.717) is 6.54 Å². The minimum absolute atomic E-state index is 0.588. The van der Waals surface area contributed by atoms with Crippen molar-refractivity contribution in [2.45, 2.75) is 13.5 Å². The molecule has 0 bridgehead atoms. The van der Waals surface area contributed by atoms with Gasteiger partial charge < -0.3 is 5.73 Å². The summed E-state index contributed by atoms with van der Waals surface area (Å²) in [5.41, 5.74) is 8.95. The highest BCUT2D eigenvalue weighted by atomic mass is 15.3. The molecule has 0 spiro atoms. The van der Waals surface area contributed by atoms with Crippen LogP contribution in [0, 0.1) is 6.92 Å². The maximum Gasteiger partial charge on any atom is 0.0926 e. The standard InChI is InChI=1S/C10H13N3/c1-7-9-5-8(6-11)3-4-10(9)12-13(7)2/h3-5H,6,11H2,1-2H3. The molecule has 3 heteroatoms.